The molecule has 1 atom stereocenters. The molecule has 0 spiro atoms. The number of esters is 1. The van der Waals surface area contributed by atoms with Crippen LogP contribution < -0.4 is 11.1 Å². The Bertz CT molecular complexity index is 393. The van der Waals surface area contributed by atoms with Crippen LogP contribution in [0.2, 0.25) is 0 Å². The predicted molar refractivity (Wildman–Crippen MR) is 63.0 cm³/mol. The third-order valence-electron chi connectivity index (χ3n) is 1.82. The zero-order valence-electron chi connectivity index (χ0n) is 8.93. The number of carbonyl (C=O) groups excluding carboxylic acids is 1. The van der Waals surface area contributed by atoms with Gasteiger partial charge in [0.15, 0.2) is 0 Å². The Morgan fingerprint density at radius 1 is 1.56 bits per heavy atom. The molecule has 1 rings (SSSR count). The first kappa shape index (κ1) is 12.3. The third-order valence-corrected chi connectivity index (χ3v) is 2.03. The van der Waals surface area contributed by atoms with Crippen LogP contribution in [0.25, 0.3) is 0 Å². The minimum absolute atomic E-state index is 0.181. The summed E-state index contributed by atoms with van der Waals surface area (Å²) < 4.78 is 4.56. The summed E-state index contributed by atoms with van der Waals surface area (Å²) in [6.45, 7) is 1.66. The van der Waals surface area contributed by atoms with Gasteiger partial charge in [0.05, 0.1) is 19.5 Å². The van der Waals surface area contributed by atoms with Crippen LogP contribution in [0.5, 0.6) is 0 Å². The van der Waals surface area contributed by atoms with Gasteiger partial charge in [-0.05, 0) is 6.92 Å². The van der Waals surface area contributed by atoms with Crippen molar-refractivity contribution in [2.24, 2.45) is 5.73 Å². The molecular formula is C9H12N4O2S. The molecule has 0 amide bonds. The summed E-state index contributed by atoms with van der Waals surface area (Å²) in [5.74, 6) is 0.0816. The van der Waals surface area contributed by atoms with Crippen molar-refractivity contribution in [1.29, 1.82) is 0 Å². The number of hydrogen-bond acceptors (Lipinski definition) is 6. The normalized spacial score (nSPS) is 11.6. The number of nitrogens with two attached hydrogens (primary N) is 1. The first-order valence-corrected chi connectivity index (χ1v) is 4.91. The van der Waals surface area contributed by atoms with E-state index < -0.39 is 6.04 Å². The van der Waals surface area contributed by atoms with E-state index in [0.717, 1.165) is 0 Å². The molecule has 1 aromatic rings. The number of methoxy groups -OCH3 is 1. The van der Waals surface area contributed by atoms with Crippen LogP contribution in [0.3, 0.4) is 0 Å². The van der Waals surface area contributed by atoms with Gasteiger partial charge in [-0.2, -0.15) is 0 Å². The van der Waals surface area contributed by atoms with Crippen LogP contribution in [0.4, 0.5) is 5.82 Å². The van der Waals surface area contributed by atoms with Gasteiger partial charge >= 0.3 is 5.97 Å². The van der Waals surface area contributed by atoms with E-state index in [0.29, 0.717) is 11.5 Å². The second kappa shape index (κ2) is 5.36. The molecule has 1 unspecified atom stereocenters. The Balaban J connectivity index is 2.68. The van der Waals surface area contributed by atoms with E-state index in [1.54, 1.807) is 6.92 Å². The lowest BCUT2D eigenvalue weighted by Crippen LogP contribution is -2.27. The fourth-order valence-electron chi connectivity index (χ4n) is 0.987. The van der Waals surface area contributed by atoms with E-state index in [2.05, 4.69) is 20.0 Å². The van der Waals surface area contributed by atoms with E-state index >= 15 is 0 Å². The number of thiocarbonyl (C=S) groups is 1. The molecule has 7 heteroatoms. The summed E-state index contributed by atoms with van der Waals surface area (Å²) in [6, 6.07) is -0.491. The van der Waals surface area contributed by atoms with Crippen LogP contribution >= 0.6 is 12.2 Å². The molecule has 1 aromatic heterocycles. The summed E-state index contributed by atoms with van der Waals surface area (Å²) >= 11 is 4.73. The predicted octanol–water partition coefficient (Wildman–Crippen LogP) is 0.0842. The molecule has 6 nitrogen and oxygen atoms in total. The molecule has 86 valence electrons. The molecular weight excluding hydrogens is 228 g/mol. The van der Waals surface area contributed by atoms with Gasteiger partial charge in [0.25, 0.3) is 0 Å². The Hall–Kier alpha value is -1.76. The summed E-state index contributed by atoms with van der Waals surface area (Å²) in [4.78, 5) is 19.3. The molecule has 0 aliphatic carbocycles. The minimum Gasteiger partial charge on any atom is -0.467 e. The van der Waals surface area contributed by atoms with Crippen molar-refractivity contribution < 1.29 is 9.53 Å². The van der Waals surface area contributed by atoms with Crippen LogP contribution in [0, 0.1) is 0 Å². The highest BCUT2D eigenvalue weighted by atomic mass is 32.1. The van der Waals surface area contributed by atoms with Crippen molar-refractivity contribution in [3.63, 3.8) is 0 Å². The average Bonchev–Trinajstić information content (AvgIpc) is 2.28. The van der Waals surface area contributed by atoms with Crippen molar-refractivity contribution in [3.8, 4) is 0 Å². The molecule has 0 radical (unpaired) electrons. The van der Waals surface area contributed by atoms with Crippen molar-refractivity contribution in [3.05, 3.63) is 18.1 Å². The van der Waals surface area contributed by atoms with Crippen LogP contribution in [0.1, 0.15) is 12.6 Å². The highest BCUT2D eigenvalue weighted by molar-refractivity contribution is 7.80. The number of nitrogens with zero attached hydrogens (tertiary/aromatic N) is 2. The van der Waals surface area contributed by atoms with E-state index in [1.807, 2.05) is 0 Å². The monoisotopic (exact) mass is 240 g/mol. The zero-order valence-corrected chi connectivity index (χ0v) is 9.75. The highest BCUT2D eigenvalue weighted by Crippen LogP contribution is 2.03. The van der Waals surface area contributed by atoms with Gasteiger partial charge in [0.2, 0.25) is 0 Å². The topological polar surface area (TPSA) is 90.1 Å². The summed E-state index contributed by atoms with van der Waals surface area (Å²) in [5.41, 5.74) is 5.81. The Labute approximate surface area is 98.2 Å². The van der Waals surface area contributed by atoms with Gasteiger partial charge in [-0.3, -0.25) is 0 Å². The molecule has 0 bridgehead atoms. The van der Waals surface area contributed by atoms with Crippen molar-refractivity contribution >= 4 is 29.0 Å². The molecule has 0 aliphatic rings. The first-order valence-electron chi connectivity index (χ1n) is 4.50. The molecule has 0 fully saturated rings. The SMILES string of the molecule is COC(=O)C(C)Nc1cnc(C(N)=S)cn1. The van der Waals surface area contributed by atoms with Crippen LogP contribution in [0.15, 0.2) is 12.4 Å². The summed E-state index contributed by atoms with van der Waals surface area (Å²) in [5, 5.41) is 2.83. The number of nitrogens with one attached hydrogen (secondary N) is 1. The number of anilines is 1. The standard InChI is InChI=1S/C9H12N4O2S/c1-5(9(14)15-2)13-7-4-11-6(3-12-7)8(10)16/h3-5H,1-2H3,(H2,10,16)(H,12,13). The maximum absolute atomic E-state index is 11.1. The number of carbonyl (C=O) groups is 1. The minimum atomic E-state index is -0.491. The van der Waals surface area contributed by atoms with Gasteiger partial charge in [-0.15, -0.1) is 0 Å². The van der Waals surface area contributed by atoms with E-state index in [4.69, 9.17) is 18.0 Å². The second-order valence-electron chi connectivity index (χ2n) is 3.04. The molecule has 16 heavy (non-hydrogen) atoms. The Kier molecular flexibility index (Phi) is 4.12. The summed E-state index contributed by atoms with van der Waals surface area (Å²) in [6.07, 6.45) is 2.89. The maximum Gasteiger partial charge on any atom is 0.328 e. The number of aromatic nitrogens is 2. The largest absolute Gasteiger partial charge is 0.467 e. The van der Waals surface area contributed by atoms with Crippen molar-refractivity contribution in [1.82, 2.24) is 9.97 Å². The van der Waals surface area contributed by atoms with Gasteiger partial charge in [0, 0.05) is 0 Å². The molecule has 3 N–H and O–H groups in total. The van der Waals surface area contributed by atoms with Crippen molar-refractivity contribution in [2.75, 3.05) is 12.4 Å². The van der Waals surface area contributed by atoms with E-state index in [-0.39, 0.29) is 11.0 Å². The zero-order chi connectivity index (χ0) is 12.1. The maximum atomic E-state index is 11.1. The fraction of sp³-hybridized carbons (Fsp3) is 0.333. The summed E-state index contributed by atoms with van der Waals surface area (Å²) in [7, 11) is 1.32. The average molecular weight is 240 g/mol. The Morgan fingerprint density at radius 3 is 2.69 bits per heavy atom. The molecule has 0 aromatic carbocycles. The molecule has 0 saturated heterocycles. The van der Waals surface area contributed by atoms with Crippen LogP contribution in [-0.4, -0.2) is 34.1 Å². The second-order valence-corrected chi connectivity index (χ2v) is 3.48. The fourth-order valence-corrected chi connectivity index (χ4v) is 1.09. The van der Waals surface area contributed by atoms with E-state index in [1.165, 1.54) is 19.5 Å². The van der Waals surface area contributed by atoms with E-state index in [9.17, 15) is 4.79 Å². The van der Waals surface area contributed by atoms with Gasteiger partial charge < -0.3 is 15.8 Å². The van der Waals surface area contributed by atoms with Gasteiger partial charge in [-0.25, -0.2) is 14.8 Å². The molecule has 1 heterocycles. The smallest absolute Gasteiger partial charge is 0.328 e. The van der Waals surface area contributed by atoms with Gasteiger partial charge in [-0.1, -0.05) is 12.2 Å². The lowest BCUT2D eigenvalue weighted by atomic mass is 10.3. The van der Waals surface area contributed by atoms with Crippen molar-refractivity contribution in [2.45, 2.75) is 13.0 Å². The third kappa shape index (κ3) is 3.13. The van der Waals surface area contributed by atoms with Crippen LogP contribution in [-0.2, 0) is 9.53 Å². The molecule has 0 aliphatic heterocycles. The lowest BCUT2D eigenvalue weighted by Gasteiger charge is -2.11. The molecule has 0 saturated carbocycles. The Morgan fingerprint density at radius 2 is 2.25 bits per heavy atom. The van der Waals surface area contributed by atoms with Gasteiger partial charge in [0.1, 0.15) is 22.5 Å². The highest BCUT2D eigenvalue weighted by Gasteiger charge is 2.13. The number of ether oxygens (including phenoxy) is 1. The number of hydrogen-bond donors (Lipinski definition) is 2. The number of rotatable bonds is 4. The quantitative estimate of drug-likeness (QED) is 0.569. The lowest BCUT2D eigenvalue weighted by molar-refractivity contribution is -0.141. The first-order chi connectivity index (χ1) is 7.54.